The zero-order valence-electron chi connectivity index (χ0n) is 13.2. The van der Waals surface area contributed by atoms with Crippen LogP contribution in [0.5, 0.6) is 0 Å². The molecule has 0 amide bonds. The minimum atomic E-state index is -5.02. The van der Waals surface area contributed by atoms with E-state index in [1.165, 1.54) is 0 Å². The monoisotopic (exact) mass is 375 g/mol. The Morgan fingerprint density at radius 3 is 1.20 bits per heavy atom. The van der Waals surface area contributed by atoms with Gasteiger partial charge in [-0.1, -0.05) is 0 Å². The van der Waals surface area contributed by atoms with Gasteiger partial charge in [0.2, 0.25) is 0 Å². The molecule has 0 spiro atoms. The normalized spacial score (nSPS) is 19.5. The van der Waals surface area contributed by atoms with Crippen molar-refractivity contribution in [2.45, 2.75) is 0 Å². The summed E-state index contributed by atoms with van der Waals surface area (Å²) >= 11 is 0. The van der Waals surface area contributed by atoms with Crippen LogP contribution < -0.4 is 15.9 Å². The molecule has 1 saturated heterocycles. The van der Waals surface area contributed by atoms with E-state index in [2.05, 4.69) is 9.35 Å². The molecule has 0 unspecified atom stereocenters. The van der Waals surface area contributed by atoms with Gasteiger partial charge in [-0.05, 0) is 0 Å². The average Bonchev–Trinajstić information content (AvgIpc) is 3.32. The van der Waals surface area contributed by atoms with Gasteiger partial charge in [0.05, 0.1) is 0 Å². The summed E-state index contributed by atoms with van der Waals surface area (Å²) in [4.78, 5) is 20.7. The van der Waals surface area contributed by atoms with Gasteiger partial charge in [-0.3, -0.25) is 0 Å². The molecule has 0 aromatic heterocycles. The molecule has 0 aliphatic carbocycles. The van der Waals surface area contributed by atoms with Crippen molar-refractivity contribution in [1.29, 1.82) is 0 Å². The molecule has 0 atom stereocenters. The molecule has 1 aliphatic rings. The molecule has 1 fully saturated rings. The van der Waals surface area contributed by atoms with Gasteiger partial charge in [0, 0.05) is 0 Å². The molecule has 25 heavy (non-hydrogen) atoms. The second kappa shape index (κ2) is 5.94. The van der Waals surface area contributed by atoms with Crippen molar-refractivity contribution in [3.05, 3.63) is 91.0 Å². The molecule has 1 heterocycles. The Kier molecular flexibility index (Phi) is 3.99. The predicted octanol–water partition coefficient (Wildman–Crippen LogP) is 2.99. The van der Waals surface area contributed by atoms with Crippen LogP contribution >= 0.6 is 15.2 Å². The summed E-state index contributed by atoms with van der Waals surface area (Å²) in [5.41, 5.74) is 0. The van der Waals surface area contributed by atoms with Gasteiger partial charge < -0.3 is 0 Å². The molecule has 5 nitrogen and oxygen atoms in total. The molecule has 2 N–H and O–H groups in total. The van der Waals surface area contributed by atoms with E-state index in [4.69, 9.17) is 4.31 Å². The quantitative estimate of drug-likeness (QED) is 0.407. The van der Waals surface area contributed by atoms with Crippen LogP contribution in [0.1, 0.15) is 0 Å². The molecule has 3 aromatic carbocycles. The van der Waals surface area contributed by atoms with Gasteiger partial charge in [-0.15, -0.1) is 0 Å². The van der Waals surface area contributed by atoms with Gasteiger partial charge >= 0.3 is 146 Å². The first-order valence-corrected chi connectivity index (χ1v) is 11.3. The van der Waals surface area contributed by atoms with E-state index in [-0.39, 0.29) is 0 Å². The van der Waals surface area contributed by atoms with Crippen molar-refractivity contribution >= 4 is 31.1 Å². The topological polar surface area (TPSA) is 74.8 Å². The molecule has 3 aromatic rings. The summed E-state index contributed by atoms with van der Waals surface area (Å²) in [5.74, 6) is 0. The van der Waals surface area contributed by atoms with E-state index in [1.54, 1.807) is 0 Å². The molecule has 0 bridgehead atoms. The third kappa shape index (κ3) is 3.12. The summed E-state index contributed by atoms with van der Waals surface area (Å²) in [6, 6.07) is 28.5. The molecule has 0 saturated carbocycles. The summed E-state index contributed by atoms with van der Waals surface area (Å²) in [7, 11) is -7.89. The summed E-state index contributed by atoms with van der Waals surface area (Å²) in [6.45, 7) is 0. The van der Waals surface area contributed by atoms with E-state index in [1.807, 2.05) is 91.0 Å². The SMILES string of the molecule is OP1(O)(O[P+](c2ccccc2)(c2ccccc2)c2ccccc2)OO1. The van der Waals surface area contributed by atoms with Crippen LogP contribution in [-0.4, -0.2) is 9.79 Å². The zero-order valence-corrected chi connectivity index (χ0v) is 15.0. The third-order valence-electron chi connectivity index (χ3n) is 3.89. The molecule has 128 valence electrons. The van der Waals surface area contributed by atoms with E-state index in [0.29, 0.717) is 0 Å². The predicted molar refractivity (Wildman–Crippen MR) is 99.8 cm³/mol. The summed E-state index contributed by atoms with van der Waals surface area (Å²) in [6.07, 6.45) is 0. The Hall–Kier alpha value is -1.68. The van der Waals surface area contributed by atoms with Crippen molar-refractivity contribution in [2.75, 3.05) is 0 Å². The Balaban J connectivity index is 2.01. The second-order valence-corrected chi connectivity index (χ2v) is 11.0. The Labute approximate surface area is 146 Å². The van der Waals surface area contributed by atoms with Crippen LogP contribution in [0, 0.1) is 0 Å². The van der Waals surface area contributed by atoms with Crippen LogP contribution in [-0.2, 0) is 13.7 Å². The van der Waals surface area contributed by atoms with E-state index in [9.17, 15) is 9.79 Å². The number of rotatable bonds is 5. The van der Waals surface area contributed by atoms with Crippen LogP contribution in [0.3, 0.4) is 0 Å². The molecular weight excluding hydrogens is 358 g/mol. The van der Waals surface area contributed by atoms with Gasteiger partial charge in [0.15, 0.2) is 0 Å². The Morgan fingerprint density at radius 2 is 0.920 bits per heavy atom. The van der Waals surface area contributed by atoms with Gasteiger partial charge in [-0.2, -0.15) is 0 Å². The van der Waals surface area contributed by atoms with E-state index >= 15 is 0 Å². The van der Waals surface area contributed by atoms with Gasteiger partial charge in [-0.25, -0.2) is 0 Å². The third-order valence-corrected chi connectivity index (χ3v) is 9.60. The van der Waals surface area contributed by atoms with Gasteiger partial charge in [0.1, 0.15) is 0 Å². The molecular formula is C18H17O5P2+. The van der Waals surface area contributed by atoms with Crippen molar-refractivity contribution < 1.29 is 23.4 Å². The minimum absolute atomic E-state index is 0.832. The van der Waals surface area contributed by atoms with Crippen LogP contribution in [0.2, 0.25) is 0 Å². The second-order valence-electron chi connectivity index (χ2n) is 5.65. The molecule has 1 aliphatic heterocycles. The van der Waals surface area contributed by atoms with Crippen LogP contribution in [0.15, 0.2) is 91.0 Å². The summed E-state index contributed by atoms with van der Waals surface area (Å²) in [5, 5.41) is 2.50. The van der Waals surface area contributed by atoms with Crippen molar-refractivity contribution in [2.24, 2.45) is 0 Å². The van der Waals surface area contributed by atoms with E-state index < -0.39 is 15.2 Å². The first-order chi connectivity index (χ1) is 12.0. The average molecular weight is 375 g/mol. The number of hydrogen-bond donors (Lipinski definition) is 2. The summed E-state index contributed by atoms with van der Waals surface area (Å²) < 4.78 is 15.1. The fourth-order valence-corrected chi connectivity index (χ4v) is 8.83. The Bertz CT molecular complexity index is 767. The van der Waals surface area contributed by atoms with Crippen molar-refractivity contribution in [1.82, 2.24) is 0 Å². The van der Waals surface area contributed by atoms with Crippen molar-refractivity contribution in [3.63, 3.8) is 0 Å². The zero-order chi connectivity index (χ0) is 17.4. The first-order valence-electron chi connectivity index (χ1n) is 7.70. The maximum absolute atomic E-state index is 10.4. The number of benzene rings is 3. The fourth-order valence-electron chi connectivity index (χ4n) is 2.78. The fraction of sp³-hybridized carbons (Fsp3) is 0. The maximum atomic E-state index is 10.4. The molecule has 7 heteroatoms. The molecule has 4 rings (SSSR count). The Morgan fingerprint density at radius 1 is 0.600 bits per heavy atom. The standard InChI is InChI=1S/C18H17O5P2/c19-25(20,21-22-25)23-24(16-10-4-1-5-11-16,17-12-6-2-7-13-17)18-14-8-3-9-15-18/h1-15,19-20H/q+1. The first kappa shape index (κ1) is 16.8. The van der Waals surface area contributed by atoms with E-state index in [0.717, 1.165) is 15.9 Å². The van der Waals surface area contributed by atoms with Gasteiger partial charge in [0.25, 0.3) is 0 Å². The van der Waals surface area contributed by atoms with Crippen molar-refractivity contribution in [3.8, 4) is 0 Å². The molecule has 0 radical (unpaired) electrons. The van der Waals surface area contributed by atoms with Crippen LogP contribution in [0.4, 0.5) is 0 Å². The van der Waals surface area contributed by atoms with Crippen LogP contribution in [0.25, 0.3) is 0 Å². The number of hydrogen-bond acceptors (Lipinski definition) is 5.